The molecule has 5 rings (SSSR count). The Morgan fingerprint density at radius 3 is 1.93 bits per heavy atom. The number of hydrogen-bond donors (Lipinski definition) is 12. The third-order valence-electron chi connectivity index (χ3n) is 12.0. The van der Waals surface area contributed by atoms with Crippen LogP contribution in [0.1, 0.15) is 74.0 Å². The van der Waals surface area contributed by atoms with Gasteiger partial charge in [-0.15, -0.1) is 0 Å². The number of nitrogens with two attached hydrogens (primary N) is 5. The molecule has 1 saturated carbocycles. The predicted octanol–water partition coefficient (Wildman–Crippen LogP) is -0.205. The highest BCUT2D eigenvalue weighted by molar-refractivity contribution is 5.99. The summed E-state index contributed by atoms with van der Waals surface area (Å²) in [5, 5.41) is 24.0. The lowest BCUT2D eigenvalue weighted by Crippen LogP contribution is -2.65. The lowest BCUT2D eigenvalue weighted by Gasteiger charge is -2.41. The van der Waals surface area contributed by atoms with Crippen LogP contribution in [-0.2, 0) is 46.4 Å². The Hall–Kier alpha value is -7.32. The molecule has 0 radical (unpaired) electrons. The molecule has 0 unspecified atom stereocenters. The van der Waals surface area contributed by atoms with Crippen molar-refractivity contribution in [3.8, 4) is 0 Å². The van der Waals surface area contributed by atoms with Crippen LogP contribution >= 0.6 is 0 Å². The number of nitrogens with one attached hydrogen (secondary N) is 6. The van der Waals surface area contributed by atoms with Crippen LogP contribution in [0.3, 0.4) is 0 Å². The summed E-state index contributed by atoms with van der Waals surface area (Å²) in [6, 6.07) is 19.4. The molecule has 20 nitrogen and oxygen atoms in total. The number of aromatic amines is 1. The summed E-state index contributed by atoms with van der Waals surface area (Å²) in [6.07, 6.45) is 2.38. The SMILES string of the molecule is NCC[C@H](NC(=O)[C@H](Cc1c[nH]c2ccccc12)NC(=O)[C@H](CCCN=C(N)N)NC(=O)[C@@H](Cc1ccccc1)NC(=O)C1(NC(=O)[C@@H](N)CC(=O)O)CCC(c2ccccc2)CC1)C(N)=O. The number of rotatable bonds is 24. The van der Waals surface area contributed by atoms with E-state index >= 15 is 0 Å². The molecule has 1 aliphatic rings. The van der Waals surface area contributed by atoms with Gasteiger partial charge in [-0.3, -0.25) is 38.6 Å². The lowest BCUT2D eigenvalue weighted by atomic mass is 9.73. The maximum absolute atomic E-state index is 14.7. The minimum Gasteiger partial charge on any atom is -0.481 e. The van der Waals surface area contributed by atoms with Gasteiger partial charge in [-0.25, -0.2) is 0 Å². The van der Waals surface area contributed by atoms with E-state index < -0.39 is 83.6 Å². The van der Waals surface area contributed by atoms with E-state index in [0.717, 1.165) is 16.5 Å². The summed E-state index contributed by atoms with van der Waals surface area (Å²) < 4.78 is 0. The van der Waals surface area contributed by atoms with Crippen LogP contribution in [0, 0.1) is 0 Å². The number of fused-ring (bicyclic) bond motifs is 1. The maximum atomic E-state index is 14.7. The van der Waals surface area contributed by atoms with Crippen molar-refractivity contribution in [3.63, 3.8) is 0 Å². The number of carbonyl (C=O) groups excluding carboxylic acids is 6. The van der Waals surface area contributed by atoms with Gasteiger partial charge < -0.3 is 65.3 Å². The molecule has 67 heavy (non-hydrogen) atoms. The van der Waals surface area contributed by atoms with Crippen molar-refractivity contribution in [1.29, 1.82) is 0 Å². The maximum Gasteiger partial charge on any atom is 0.305 e. The number of carboxylic acid groups (broad SMARTS) is 1. The zero-order chi connectivity index (χ0) is 48.5. The van der Waals surface area contributed by atoms with E-state index in [1.807, 2.05) is 54.6 Å². The molecule has 1 fully saturated rings. The van der Waals surface area contributed by atoms with Gasteiger partial charge in [-0.1, -0.05) is 78.9 Å². The first-order chi connectivity index (χ1) is 32.1. The number of carboxylic acids is 1. The van der Waals surface area contributed by atoms with Gasteiger partial charge in [0.2, 0.25) is 35.4 Å². The molecule has 3 aromatic carbocycles. The van der Waals surface area contributed by atoms with Gasteiger partial charge in [0, 0.05) is 36.5 Å². The Bertz CT molecular complexity index is 2360. The molecule has 1 aliphatic carbocycles. The Labute approximate surface area is 388 Å². The fourth-order valence-electron chi connectivity index (χ4n) is 8.31. The molecular formula is C47H62N12O8. The molecule has 0 saturated heterocycles. The standard InChI is InChI=1S/C47H62N12O8/c48-22-19-35(40(50)62)55-44(66)38(25-31-27-54-34-15-8-7-14-32(31)34)57-42(64)36(16-9-23-53-46(51)52)56-43(65)37(24-28-10-3-1-4-11-28)58-45(67)47(59-41(63)33(49)26-39(60)61)20-17-30(18-21-47)29-12-5-2-6-13-29/h1-8,10-15,27,30,33,35-38,54H,9,16-26,48-49H2,(H2,50,62)(H,55,66)(H,56,65)(H,57,64)(H,58,67)(H,59,63)(H,60,61)(H4,51,52,53)/t30?,33-,35-,36-,37+,38-,47?/m0/s1. The number of carbonyl (C=O) groups is 7. The third kappa shape index (κ3) is 14.6. The van der Waals surface area contributed by atoms with Crippen LogP contribution in [0.15, 0.2) is 96.1 Å². The van der Waals surface area contributed by atoms with Crippen LogP contribution < -0.4 is 55.3 Å². The molecular weight excluding hydrogens is 861 g/mol. The molecule has 0 spiro atoms. The number of aliphatic carboxylic acids is 1. The first-order valence-electron chi connectivity index (χ1n) is 22.3. The number of aromatic nitrogens is 1. The molecule has 20 heteroatoms. The molecule has 1 heterocycles. The highest BCUT2D eigenvalue weighted by Crippen LogP contribution is 2.38. The van der Waals surface area contributed by atoms with Gasteiger partial charge in [0.25, 0.3) is 0 Å². The topological polar surface area (TPSA) is 358 Å². The van der Waals surface area contributed by atoms with Crippen LogP contribution in [0.4, 0.5) is 0 Å². The van der Waals surface area contributed by atoms with E-state index in [1.54, 1.807) is 36.5 Å². The van der Waals surface area contributed by atoms with E-state index in [0.29, 0.717) is 24.0 Å². The number of nitrogens with zero attached hydrogens (tertiary/aromatic N) is 1. The van der Waals surface area contributed by atoms with E-state index in [2.05, 4.69) is 36.6 Å². The summed E-state index contributed by atoms with van der Waals surface area (Å²) in [5.41, 5.74) is 30.0. The van der Waals surface area contributed by atoms with Gasteiger partial charge in [-0.05, 0) is 80.2 Å². The second-order valence-electron chi connectivity index (χ2n) is 16.9. The summed E-state index contributed by atoms with van der Waals surface area (Å²) >= 11 is 0. The zero-order valence-corrected chi connectivity index (χ0v) is 37.2. The highest BCUT2D eigenvalue weighted by atomic mass is 16.4. The van der Waals surface area contributed by atoms with Crippen molar-refractivity contribution in [2.24, 2.45) is 33.7 Å². The van der Waals surface area contributed by atoms with E-state index in [9.17, 15) is 38.7 Å². The number of guanidine groups is 1. The summed E-state index contributed by atoms with van der Waals surface area (Å²) in [7, 11) is 0. The minimum atomic E-state index is -1.58. The van der Waals surface area contributed by atoms with Crippen LogP contribution in [-0.4, -0.2) is 106 Å². The van der Waals surface area contributed by atoms with Gasteiger partial charge in [-0.2, -0.15) is 0 Å². The Kier molecular flexibility index (Phi) is 18.4. The zero-order valence-electron chi connectivity index (χ0n) is 37.2. The molecule has 0 bridgehead atoms. The van der Waals surface area contributed by atoms with Crippen molar-refractivity contribution in [1.82, 2.24) is 31.6 Å². The second kappa shape index (κ2) is 24.3. The molecule has 6 amide bonds. The van der Waals surface area contributed by atoms with Crippen molar-refractivity contribution in [2.75, 3.05) is 13.1 Å². The first-order valence-corrected chi connectivity index (χ1v) is 22.3. The Morgan fingerprint density at radius 2 is 1.30 bits per heavy atom. The number of hydrogen-bond acceptors (Lipinski definition) is 10. The lowest BCUT2D eigenvalue weighted by molar-refractivity contribution is -0.141. The van der Waals surface area contributed by atoms with E-state index in [1.165, 1.54) is 0 Å². The van der Waals surface area contributed by atoms with E-state index in [4.69, 9.17) is 28.7 Å². The normalized spacial score (nSPS) is 17.9. The van der Waals surface area contributed by atoms with Crippen molar-refractivity contribution >= 4 is 58.3 Å². The minimum absolute atomic E-state index is 0.0266. The van der Waals surface area contributed by atoms with Gasteiger partial charge in [0.15, 0.2) is 5.96 Å². The van der Waals surface area contributed by atoms with E-state index in [-0.39, 0.29) is 69.9 Å². The van der Waals surface area contributed by atoms with Crippen LogP contribution in [0.25, 0.3) is 10.9 Å². The van der Waals surface area contributed by atoms with Crippen molar-refractivity contribution < 1.29 is 38.7 Å². The highest BCUT2D eigenvalue weighted by Gasteiger charge is 2.45. The fourth-order valence-corrected chi connectivity index (χ4v) is 8.31. The number of aliphatic imine (C=N–C) groups is 1. The summed E-state index contributed by atoms with van der Waals surface area (Å²) in [5.74, 6) is -6.05. The summed E-state index contributed by atoms with van der Waals surface area (Å²) in [4.78, 5) is 102. The number of primary amides is 1. The quantitative estimate of drug-likeness (QED) is 0.0247. The monoisotopic (exact) mass is 922 g/mol. The van der Waals surface area contributed by atoms with Crippen LogP contribution in [0.2, 0.25) is 0 Å². The largest absolute Gasteiger partial charge is 0.481 e. The van der Waals surface area contributed by atoms with Gasteiger partial charge in [0.1, 0.15) is 29.7 Å². The third-order valence-corrected chi connectivity index (χ3v) is 12.0. The van der Waals surface area contributed by atoms with Crippen molar-refractivity contribution in [3.05, 3.63) is 108 Å². The molecule has 4 aromatic rings. The Morgan fingerprint density at radius 1 is 0.716 bits per heavy atom. The predicted molar refractivity (Wildman–Crippen MR) is 251 cm³/mol. The molecule has 5 atom stereocenters. The van der Waals surface area contributed by atoms with Crippen LogP contribution in [0.5, 0.6) is 0 Å². The number of para-hydroxylation sites is 1. The van der Waals surface area contributed by atoms with Gasteiger partial charge in [0.05, 0.1) is 12.5 Å². The molecule has 17 N–H and O–H groups in total. The van der Waals surface area contributed by atoms with Gasteiger partial charge >= 0.3 is 5.97 Å². The number of amides is 6. The molecule has 0 aliphatic heterocycles. The van der Waals surface area contributed by atoms with Crippen molar-refractivity contribution in [2.45, 2.75) is 106 Å². The number of H-pyrrole nitrogens is 1. The average molecular weight is 923 g/mol. The smallest absolute Gasteiger partial charge is 0.305 e. The fraction of sp³-hybridized carbons (Fsp3) is 0.404. The second-order valence-corrected chi connectivity index (χ2v) is 16.9. The first kappa shape index (κ1) is 50.7. The number of benzene rings is 3. The molecule has 358 valence electrons. The molecule has 1 aromatic heterocycles. The average Bonchev–Trinajstić information content (AvgIpc) is 3.72. The Balaban J connectivity index is 1.45. The summed E-state index contributed by atoms with van der Waals surface area (Å²) in [6.45, 7) is 0.124.